The lowest BCUT2D eigenvalue weighted by Gasteiger charge is -2.18. The molecule has 7 nitrogen and oxygen atoms in total. The number of aliphatic hydroxyl groups is 1. The van der Waals surface area contributed by atoms with Gasteiger partial charge in [0.25, 0.3) is 5.91 Å². The van der Waals surface area contributed by atoms with Crippen molar-refractivity contribution in [2.24, 2.45) is 0 Å². The van der Waals surface area contributed by atoms with Crippen molar-refractivity contribution in [3.63, 3.8) is 0 Å². The average Bonchev–Trinajstić information content (AvgIpc) is 3.02. The Morgan fingerprint density at radius 2 is 1.77 bits per heavy atom. The molecule has 1 unspecified atom stereocenters. The minimum absolute atomic E-state index is 0.0278. The first kappa shape index (κ1) is 26.2. The lowest BCUT2D eigenvalue weighted by Crippen LogP contribution is -2.19. The van der Waals surface area contributed by atoms with Gasteiger partial charge in [0.05, 0.1) is 22.3 Å². The number of benzene rings is 2. The number of anilines is 1. The minimum Gasteiger partial charge on any atom is -0.403 e. The van der Waals surface area contributed by atoms with Gasteiger partial charge in [0.2, 0.25) is 0 Å². The summed E-state index contributed by atoms with van der Waals surface area (Å²) < 4.78 is 81.1. The van der Waals surface area contributed by atoms with E-state index in [0.29, 0.717) is 6.07 Å². The van der Waals surface area contributed by atoms with Crippen LogP contribution < -0.4 is 10.1 Å². The molecule has 0 aliphatic rings. The minimum atomic E-state index is -5.09. The topological polar surface area (TPSA) is 97.6 Å². The van der Waals surface area contributed by atoms with E-state index in [0.717, 1.165) is 18.4 Å². The van der Waals surface area contributed by atoms with Gasteiger partial charge in [0, 0.05) is 35.8 Å². The molecule has 0 aliphatic carbocycles. The summed E-state index contributed by atoms with van der Waals surface area (Å²) in [7, 11) is -3.43. The second-order valence-electron chi connectivity index (χ2n) is 7.93. The molecule has 0 radical (unpaired) electrons. The van der Waals surface area contributed by atoms with Crippen LogP contribution in [0.3, 0.4) is 0 Å². The highest BCUT2D eigenvalue weighted by Gasteiger charge is 2.33. The molecule has 0 fully saturated rings. The number of amides is 1. The summed E-state index contributed by atoms with van der Waals surface area (Å²) in [6, 6.07) is 9.45. The van der Waals surface area contributed by atoms with Gasteiger partial charge in [0.15, 0.2) is 15.6 Å². The van der Waals surface area contributed by atoms with Crippen molar-refractivity contribution >= 4 is 21.4 Å². The second-order valence-corrected chi connectivity index (χ2v) is 9.95. The maximum Gasteiger partial charge on any atom is 0.573 e. The van der Waals surface area contributed by atoms with E-state index in [2.05, 4.69) is 10.1 Å². The smallest absolute Gasteiger partial charge is 0.403 e. The molecule has 1 atom stereocenters. The molecule has 0 saturated carbocycles. The van der Waals surface area contributed by atoms with Gasteiger partial charge in [-0.05, 0) is 56.3 Å². The molecule has 35 heavy (non-hydrogen) atoms. The number of sulfone groups is 1. The average molecular weight is 514 g/mol. The number of nitrogens with zero attached hydrogens (tertiary/aromatic N) is 1. The van der Waals surface area contributed by atoms with Gasteiger partial charge in [0.1, 0.15) is 5.82 Å². The third-order valence-corrected chi connectivity index (χ3v) is 6.13. The number of carbonyl (C=O) groups is 1. The molecular formula is C23H22F4N2O5S. The number of carbonyl (C=O) groups excluding carboxylic acids is 1. The number of hydrogen-bond acceptors (Lipinski definition) is 5. The van der Waals surface area contributed by atoms with Crippen molar-refractivity contribution in [3.05, 3.63) is 71.3 Å². The molecule has 12 heteroatoms. The van der Waals surface area contributed by atoms with E-state index in [9.17, 15) is 35.9 Å². The van der Waals surface area contributed by atoms with Crippen LogP contribution in [0.1, 0.15) is 28.7 Å². The molecule has 0 saturated heterocycles. The van der Waals surface area contributed by atoms with Crippen molar-refractivity contribution in [1.82, 2.24) is 4.57 Å². The van der Waals surface area contributed by atoms with E-state index in [-0.39, 0.29) is 39.6 Å². The standard InChI is InChI=1S/C23H22F4N2O5S/c1-13(30)10-17-12-19(22(31)28-16-5-7-18(8-6-16)35(3,32)33)14(2)29(17)20-9-4-15(24)11-21(20)34-23(25,26)27/h4-9,11-13,30H,10H2,1-3H3,(H,28,31). The number of hydrogen-bond donors (Lipinski definition) is 2. The number of rotatable bonds is 7. The van der Waals surface area contributed by atoms with Crippen LogP contribution in [0.4, 0.5) is 23.2 Å². The van der Waals surface area contributed by atoms with E-state index >= 15 is 0 Å². The number of aromatic nitrogens is 1. The monoisotopic (exact) mass is 514 g/mol. The van der Waals surface area contributed by atoms with Crippen LogP contribution in [0.2, 0.25) is 0 Å². The largest absolute Gasteiger partial charge is 0.573 e. The van der Waals surface area contributed by atoms with Crippen molar-refractivity contribution in [3.8, 4) is 11.4 Å². The van der Waals surface area contributed by atoms with E-state index in [4.69, 9.17) is 0 Å². The zero-order valence-electron chi connectivity index (χ0n) is 18.9. The van der Waals surface area contributed by atoms with Crippen LogP contribution in [0.15, 0.2) is 53.4 Å². The molecule has 3 aromatic rings. The molecule has 0 aliphatic heterocycles. The number of ether oxygens (including phenoxy) is 1. The molecule has 3 rings (SSSR count). The zero-order valence-corrected chi connectivity index (χ0v) is 19.7. The molecule has 0 spiro atoms. The van der Waals surface area contributed by atoms with Gasteiger partial charge in [-0.15, -0.1) is 13.2 Å². The Hall–Kier alpha value is -3.38. The van der Waals surface area contributed by atoms with Gasteiger partial charge in [-0.2, -0.15) is 0 Å². The van der Waals surface area contributed by atoms with Crippen LogP contribution in [0.5, 0.6) is 5.75 Å². The summed E-state index contributed by atoms with van der Waals surface area (Å²) in [4.78, 5) is 13.1. The molecule has 1 heterocycles. The number of halogens is 4. The van der Waals surface area contributed by atoms with Crippen molar-refractivity contribution in [1.29, 1.82) is 0 Å². The highest BCUT2D eigenvalue weighted by molar-refractivity contribution is 7.90. The Labute approximate surface area is 198 Å². The Morgan fingerprint density at radius 1 is 1.14 bits per heavy atom. The first-order valence-corrected chi connectivity index (χ1v) is 12.1. The summed E-state index contributed by atoms with van der Waals surface area (Å²) in [5.41, 5.74) is 0.691. The first-order valence-electron chi connectivity index (χ1n) is 10.2. The normalized spacial score (nSPS) is 12.9. The molecule has 0 bridgehead atoms. The fraction of sp³-hybridized carbons (Fsp3) is 0.261. The predicted octanol–water partition coefficient (Wildman–Crippen LogP) is 4.40. The maximum absolute atomic E-state index is 13.7. The van der Waals surface area contributed by atoms with Gasteiger partial charge in [-0.3, -0.25) is 4.79 Å². The van der Waals surface area contributed by atoms with Gasteiger partial charge in [-0.25, -0.2) is 12.8 Å². The fourth-order valence-corrected chi connectivity index (χ4v) is 4.18. The molecule has 2 aromatic carbocycles. The number of alkyl halides is 3. The fourth-order valence-electron chi connectivity index (χ4n) is 3.55. The molecular weight excluding hydrogens is 492 g/mol. The Bertz CT molecular complexity index is 1350. The summed E-state index contributed by atoms with van der Waals surface area (Å²) in [6.07, 6.45) is -4.98. The van der Waals surface area contributed by atoms with Gasteiger partial charge < -0.3 is 19.7 Å². The predicted molar refractivity (Wildman–Crippen MR) is 120 cm³/mol. The quantitative estimate of drug-likeness (QED) is 0.456. The van der Waals surface area contributed by atoms with Crippen molar-refractivity contribution in [2.45, 2.75) is 37.6 Å². The summed E-state index contributed by atoms with van der Waals surface area (Å²) in [6.45, 7) is 2.95. The van der Waals surface area contributed by atoms with Crippen LogP contribution in [-0.4, -0.2) is 42.7 Å². The van der Waals surface area contributed by atoms with Crippen molar-refractivity contribution < 1.29 is 40.6 Å². The van der Waals surface area contributed by atoms with E-state index in [1.165, 1.54) is 48.7 Å². The third kappa shape index (κ3) is 6.40. The van der Waals surface area contributed by atoms with E-state index in [1.807, 2.05) is 0 Å². The lowest BCUT2D eigenvalue weighted by atomic mass is 10.2. The lowest BCUT2D eigenvalue weighted by molar-refractivity contribution is -0.274. The van der Waals surface area contributed by atoms with Crippen LogP contribution in [0.25, 0.3) is 5.69 Å². The van der Waals surface area contributed by atoms with Crippen LogP contribution >= 0.6 is 0 Å². The maximum atomic E-state index is 13.7. The summed E-state index contributed by atoms with van der Waals surface area (Å²) in [5.74, 6) is -2.39. The van der Waals surface area contributed by atoms with E-state index in [1.54, 1.807) is 0 Å². The molecule has 188 valence electrons. The molecule has 2 N–H and O–H groups in total. The summed E-state index contributed by atoms with van der Waals surface area (Å²) in [5, 5.41) is 12.5. The highest BCUT2D eigenvalue weighted by atomic mass is 32.2. The second kappa shape index (κ2) is 9.70. The first-order chi connectivity index (χ1) is 16.2. The van der Waals surface area contributed by atoms with E-state index < -0.39 is 39.8 Å². The number of aliphatic hydroxyl groups excluding tert-OH is 1. The molecule has 1 aromatic heterocycles. The van der Waals surface area contributed by atoms with Crippen LogP contribution in [-0.2, 0) is 16.3 Å². The summed E-state index contributed by atoms with van der Waals surface area (Å²) >= 11 is 0. The number of nitrogens with one attached hydrogen (secondary N) is 1. The third-order valence-electron chi connectivity index (χ3n) is 5.00. The Kier molecular flexibility index (Phi) is 7.27. The van der Waals surface area contributed by atoms with Crippen LogP contribution in [0, 0.1) is 12.7 Å². The molecule has 1 amide bonds. The highest BCUT2D eigenvalue weighted by Crippen LogP contribution is 2.33. The Morgan fingerprint density at radius 3 is 2.31 bits per heavy atom. The van der Waals surface area contributed by atoms with Gasteiger partial charge >= 0.3 is 6.36 Å². The van der Waals surface area contributed by atoms with Gasteiger partial charge in [-0.1, -0.05) is 0 Å². The zero-order chi connectivity index (χ0) is 26.1. The Balaban J connectivity index is 2.05. The van der Waals surface area contributed by atoms with Crippen molar-refractivity contribution in [2.75, 3.05) is 11.6 Å². The SMILES string of the molecule is Cc1c(C(=O)Nc2ccc(S(C)(=O)=O)cc2)cc(CC(C)O)n1-c1ccc(F)cc1OC(F)(F)F.